The Morgan fingerprint density at radius 3 is 2.50 bits per heavy atom. The maximum Gasteiger partial charge on any atom is 0.271 e. The summed E-state index contributed by atoms with van der Waals surface area (Å²) < 4.78 is 5.87. The molecule has 0 saturated heterocycles. The fourth-order valence-corrected chi connectivity index (χ4v) is 2.51. The number of carbonyl (C=O) groups is 1. The number of hydrogen-bond donors (Lipinski definition) is 1. The van der Waals surface area contributed by atoms with E-state index in [1.54, 1.807) is 25.3 Å². The van der Waals surface area contributed by atoms with Crippen molar-refractivity contribution in [2.24, 2.45) is 5.10 Å². The minimum Gasteiger partial charge on any atom is -0.496 e. The second kappa shape index (κ2) is 7.75. The largest absolute Gasteiger partial charge is 0.496 e. The lowest BCUT2D eigenvalue weighted by atomic mass is 10.1. The van der Waals surface area contributed by atoms with Crippen molar-refractivity contribution in [3.8, 4) is 5.75 Å². The SMILES string of the molecule is CCC(=NNC(=O)c1ccc(OC)c(Br)c1)c1ccccc1. The van der Waals surface area contributed by atoms with Gasteiger partial charge in [-0.15, -0.1) is 0 Å². The normalized spacial score (nSPS) is 11.1. The van der Waals surface area contributed by atoms with Crippen LogP contribution in [0, 0.1) is 0 Å². The molecule has 2 aromatic carbocycles. The van der Waals surface area contributed by atoms with Crippen LogP contribution in [-0.2, 0) is 0 Å². The highest BCUT2D eigenvalue weighted by atomic mass is 79.9. The third-order valence-corrected chi connectivity index (χ3v) is 3.77. The Labute approximate surface area is 138 Å². The number of benzene rings is 2. The molecule has 0 unspecified atom stereocenters. The van der Waals surface area contributed by atoms with Crippen LogP contribution in [0.15, 0.2) is 58.1 Å². The fourth-order valence-electron chi connectivity index (χ4n) is 1.97. The molecule has 0 bridgehead atoms. The zero-order valence-corrected chi connectivity index (χ0v) is 14.1. The van der Waals surface area contributed by atoms with Crippen molar-refractivity contribution >= 4 is 27.5 Å². The monoisotopic (exact) mass is 360 g/mol. The Morgan fingerprint density at radius 1 is 1.18 bits per heavy atom. The summed E-state index contributed by atoms with van der Waals surface area (Å²) in [6, 6.07) is 14.9. The first-order chi connectivity index (χ1) is 10.7. The Kier molecular flexibility index (Phi) is 5.72. The van der Waals surface area contributed by atoms with Gasteiger partial charge in [-0.25, -0.2) is 5.43 Å². The number of nitrogens with one attached hydrogen (secondary N) is 1. The second-order valence-corrected chi connectivity index (χ2v) is 5.42. The highest BCUT2D eigenvalue weighted by Crippen LogP contribution is 2.25. The van der Waals surface area contributed by atoms with Crippen LogP contribution in [0.1, 0.15) is 29.3 Å². The van der Waals surface area contributed by atoms with Gasteiger partial charge < -0.3 is 4.74 Å². The summed E-state index contributed by atoms with van der Waals surface area (Å²) in [5.74, 6) is 0.420. The molecule has 2 rings (SSSR count). The average molecular weight is 361 g/mol. The number of methoxy groups -OCH3 is 1. The van der Waals surface area contributed by atoms with Crippen LogP contribution in [0.5, 0.6) is 5.75 Å². The van der Waals surface area contributed by atoms with Crippen LogP contribution in [0.3, 0.4) is 0 Å². The predicted molar refractivity (Wildman–Crippen MR) is 91.4 cm³/mol. The molecule has 0 fully saturated rings. The summed E-state index contributed by atoms with van der Waals surface area (Å²) in [7, 11) is 1.58. The zero-order valence-electron chi connectivity index (χ0n) is 12.5. The quantitative estimate of drug-likeness (QED) is 0.646. The molecular weight excluding hydrogens is 344 g/mol. The van der Waals surface area contributed by atoms with Gasteiger partial charge in [0.1, 0.15) is 5.75 Å². The van der Waals surface area contributed by atoms with Crippen LogP contribution in [0.25, 0.3) is 0 Å². The molecule has 0 aromatic heterocycles. The summed E-state index contributed by atoms with van der Waals surface area (Å²) in [5.41, 5.74) is 4.95. The first-order valence-corrected chi connectivity index (χ1v) is 7.71. The van der Waals surface area contributed by atoms with E-state index in [0.29, 0.717) is 11.3 Å². The highest BCUT2D eigenvalue weighted by molar-refractivity contribution is 9.10. The van der Waals surface area contributed by atoms with E-state index in [-0.39, 0.29) is 5.91 Å². The number of hydrogen-bond acceptors (Lipinski definition) is 3. The van der Waals surface area contributed by atoms with Gasteiger partial charge in [-0.05, 0) is 46.1 Å². The molecule has 0 aliphatic carbocycles. The minimum absolute atomic E-state index is 0.259. The molecule has 0 radical (unpaired) electrons. The number of rotatable bonds is 5. The minimum atomic E-state index is -0.259. The molecule has 1 N–H and O–H groups in total. The zero-order chi connectivity index (χ0) is 15.9. The van der Waals surface area contributed by atoms with Crippen LogP contribution in [0.4, 0.5) is 0 Å². The predicted octanol–water partition coefficient (Wildman–Crippen LogP) is 4.00. The van der Waals surface area contributed by atoms with Crippen LogP contribution in [-0.4, -0.2) is 18.7 Å². The average Bonchev–Trinajstić information content (AvgIpc) is 2.56. The van der Waals surface area contributed by atoms with Gasteiger partial charge in [-0.1, -0.05) is 37.3 Å². The lowest BCUT2D eigenvalue weighted by molar-refractivity contribution is 0.0954. The van der Waals surface area contributed by atoms with Gasteiger partial charge >= 0.3 is 0 Å². The summed E-state index contributed by atoms with van der Waals surface area (Å²) in [4.78, 5) is 12.2. The van der Waals surface area contributed by atoms with Crippen LogP contribution >= 0.6 is 15.9 Å². The van der Waals surface area contributed by atoms with Gasteiger partial charge in [-0.3, -0.25) is 4.79 Å². The molecular formula is C17H17BrN2O2. The number of nitrogens with zero attached hydrogens (tertiary/aromatic N) is 1. The molecule has 0 atom stereocenters. The summed E-state index contributed by atoms with van der Waals surface area (Å²) in [6.45, 7) is 2.00. The van der Waals surface area contributed by atoms with Gasteiger partial charge in [0, 0.05) is 5.56 Å². The Balaban J connectivity index is 2.14. The van der Waals surface area contributed by atoms with Crippen LogP contribution < -0.4 is 10.2 Å². The summed E-state index contributed by atoms with van der Waals surface area (Å²) in [6.07, 6.45) is 0.733. The van der Waals surface area contributed by atoms with Crippen molar-refractivity contribution in [2.45, 2.75) is 13.3 Å². The van der Waals surface area contributed by atoms with E-state index in [2.05, 4.69) is 26.5 Å². The van der Waals surface area contributed by atoms with E-state index in [4.69, 9.17) is 4.74 Å². The van der Waals surface area contributed by atoms with E-state index < -0.39 is 0 Å². The molecule has 114 valence electrons. The molecule has 0 spiro atoms. The van der Waals surface area contributed by atoms with Crippen molar-refractivity contribution in [1.82, 2.24) is 5.43 Å². The van der Waals surface area contributed by atoms with E-state index in [0.717, 1.165) is 22.2 Å². The van der Waals surface area contributed by atoms with Gasteiger partial charge in [-0.2, -0.15) is 5.10 Å². The van der Waals surface area contributed by atoms with Gasteiger partial charge in [0.15, 0.2) is 0 Å². The van der Waals surface area contributed by atoms with E-state index in [1.807, 2.05) is 37.3 Å². The van der Waals surface area contributed by atoms with Gasteiger partial charge in [0.05, 0.1) is 17.3 Å². The topological polar surface area (TPSA) is 50.7 Å². The molecule has 22 heavy (non-hydrogen) atoms. The van der Waals surface area contributed by atoms with E-state index in [9.17, 15) is 4.79 Å². The second-order valence-electron chi connectivity index (χ2n) is 4.57. The third kappa shape index (κ3) is 3.95. The van der Waals surface area contributed by atoms with Crippen molar-refractivity contribution in [1.29, 1.82) is 0 Å². The molecule has 0 saturated carbocycles. The number of halogens is 1. The lowest BCUT2D eigenvalue weighted by Gasteiger charge is -2.07. The van der Waals surface area contributed by atoms with Crippen molar-refractivity contribution in [3.05, 3.63) is 64.1 Å². The highest BCUT2D eigenvalue weighted by Gasteiger charge is 2.09. The summed E-state index contributed by atoms with van der Waals surface area (Å²) >= 11 is 3.37. The lowest BCUT2D eigenvalue weighted by Crippen LogP contribution is -2.20. The van der Waals surface area contributed by atoms with Crippen molar-refractivity contribution < 1.29 is 9.53 Å². The van der Waals surface area contributed by atoms with E-state index in [1.165, 1.54) is 0 Å². The Morgan fingerprint density at radius 2 is 1.91 bits per heavy atom. The van der Waals surface area contributed by atoms with Crippen molar-refractivity contribution in [2.75, 3.05) is 7.11 Å². The Bertz CT molecular complexity index is 684. The molecule has 4 nitrogen and oxygen atoms in total. The third-order valence-electron chi connectivity index (χ3n) is 3.15. The smallest absolute Gasteiger partial charge is 0.271 e. The van der Waals surface area contributed by atoms with Gasteiger partial charge in [0.2, 0.25) is 0 Å². The first kappa shape index (κ1) is 16.2. The first-order valence-electron chi connectivity index (χ1n) is 6.91. The number of hydrazone groups is 1. The molecule has 0 heterocycles. The molecule has 5 heteroatoms. The number of carbonyl (C=O) groups excluding carboxylic acids is 1. The maximum atomic E-state index is 12.2. The number of amides is 1. The Hall–Kier alpha value is -2.14. The fraction of sp³-hybridized carbons (Fsp3) is 0.176. The standard InChI is InChI=1S/C17H17BrN2O2/c1-3-15(12-7-5-4-6-8-12)19-20-17(21)13-9-10-16(22-2)14(18)11-13/h4-11H,3H2,1-2H3,(H,20,21). The molecule has 0 aliphatic heterocycles. The maximum absolute atomic E-state index is 12.2. The molecule has 2 aromatic rings. The molecule has 0 aliphatic rings. The van der Waals surface area contributed by atoms with Crippen LogP contribution in [0.2, 0.25) is 0 Å². The van der Waals surface area contributed by atoms with Crippen molar-refractivity contribution in [3.63, 3.8) is 0 Å². The molecule has 1 amide bonds. The van der Waals surface area contributed by atoms with Gasteiger partial charge in [0.25, 0.3) is 5.91 Å². The summed E-state index contributed by atoms with van der Waals surface area (Å²) in [5, 5.41) is 4.23. The van der Waals surface area contributed by atoms with E-state index >= 15 is 0 Å². The number of ether oxygens (including phenoxy) is 1.